The molecule has 0 bridgehead atoms. The van der Waals surface area contributed by atoms with Crippen LogP contribution in [0, 0.1) is 6.92 Å². The fourth-order valence-electron chi connectivity index (χ4n) is 1.41. The van der Waals surface area contributed by atoms with E-state index in [0.29, 0.717) is 6.04 Å². The molecule has 0 aromatic heterocycles. The summed E-state index contributed by atoms with van der Waals surface area (Å²) in [5.74, 6) is -0.00465. The third-order valence-corrected chi connectivity index (χ3v) is 3.18. The monoisotopic (exact) mass is 279 g/mol. The number of hydrogen-bond acceptors (Lipinski definition) is 1. The lowest BCUT2D eigenvalue weighted by Crippen LogP contribution is -2.22. The van der Waals surface area contributed by atoms with E-state index in [2.05, 4.69) is 21.2 Å². The number of benzene rings is 1. The normalized spacial score (nSPS) is 15.4. The second-order valence-corrected chi connectivity index (χ2v) is 5.00. The van der Waals surface area contributed by atoms with Crippen LogP contribution in [0.4, 0.5) is 0 Å². The number of carbonyl (C=O) groups excluding carboxylic acids is 1. The van der Waals surface area contributed by atoms with Crippen molar-refractivity contribution < 1.29 is 4.79 Å². The first-order valence-corrected chi connectivity index (χ1v) is 6.19. The molecule has 1 aliphatic rings. The molecule has 1 N–H and O–H groups in total. The highest BCUT2D eigenvalue weighted by Gasteiger charge is 2.21. The van der Waals surface area contributed by atoms with E-state index in [1.165, 1.54) is 5.56 Å². The van der Waals surface area contributed by atoms with E-state index >= 15 is 0 Å². The summed E-state index contributed by atoms with van der Waals surface area (Å²) in [6, 6.07) is 6.49. The van der Waals surface area contributed by atoms with Gasteiger partial charge in [-0.05, 0) is 43.0 Å². The average molecular weight is 280 g/mol. The van der Waals surface area contributed by atoms with Crippen molar-refractivity contribution in [3.05, 3.63) is 39.9 Å². The van der Waals surface area contributed by atoms with E-state index in [9.17, 15) is 4.79 Å². The van der Waals surface area contributed by atoms with Crippen LogP contribution in [0.2, 0.25) is 0 Å². The maximum absolute atomic E-state index is 11.4. The average Bonchev–Trinajstić information content (AvgIpc) is 3.00. The summed E-state index contributed by atoms with van der Waals surface area (Å²) in [5.41, 5.74) is 2.23. The van der Waals surface area contributed by atoms with E-state index in [1.807, 2.05) is 31.2 Å². The van der Waals surface area contributed by atoms with Crippen molar-refractivity contribution in [2.24, 2.45) is 0 Å². The Morgan fingerprint density at radius 3 is 2.88 bits per heavy atom. The van der Waals surface area contributed by atoms with Gasteiger partial charge in [0, 0.05) is 16.6 Å². The number of amides is 1. The smallest absolute Gasteiger partial charge is 0.244 e. The second-order valence-electron chi connectivity index (χ2n) is 4.14. The SMILES string of the molecule is Cc1ccc(C=CC(=O)NC2CC2)c(Br)c1. The summed E-state index contributed by atoms with van der Waals surface area (Å²) < 4.78 is 1.02. The van der Waals surface area contributed by atoms with Crippen molar-refractivity contribution in [1.29, 1.82) is 0 Å². The van der Waals surface area contributed by atoms with Crippen LogP contribution in [0.15, 0.2) is 28.7 Å². The first kappa shape index (κ1) is 11.4. The summed E-state index contributed by atoms with van der Waals surface area (Å²) in [4.78, 5) is 11.4. The highest BCUT2D eigenvalue weighted by atomic mass is 79.9. The molecule has 3 heteroatoms. The zero-order valence-corrected chi connectivity index (χ0v) is 10.8. The van der Waals surface area contributed by atoms with Crippen molar-refractivity contribution in [3.8, 4) is 0 Å². The van der Waals surface area contributed by atoms with Crippen LogP contribution in [-0.4, -0.2) is 11.9 Å². The van der Waals surface area contributed by atoms with Crippen LogP contribution in [-0.2, 0) is 4.79 Å². The lowest BCUT2D eigenvalue weighted by atomic mass is 10.1. The van der Waals surface area contributed by atoms with Gasteiger partial charge in [0.2, 0.25) is 5.91 Å². The minimum atomic E-state index is -0.00465. The topological polar surface area (TPSA) is 29.1 Å². The fourth-order valence-corrected chi connectivity index (χ4v) is 2.04. The van der Waals surface area contributed by atoms with Gasteiger partial charge in [-0.2, -0.15) is 0 Å². The van der Waals surface area contributed by atoms with E-state index in [1.54, 1.807) is 6.08 Å². The molecule has 2 nitrogen and oxygen atoms in total. The third-order valence-electron chi connectivity index (χ3n) is 2.49. The Labute approximate surface area is 104 Å². The zero-order chi connectivity index (χ0) is 11.5. The Morgan fingerprint density at radius 1 is 1.50 bits per heavy atom. The largest absolute Gasteiger partial charge is 0.350 e. The number of carbonyl (C=O) groups is 1. The summed E-state index contributed by atoms with van der Waals surface area (Å²) >= 11 is 3.48. The minimum Gasteiger partial charge on any atom is -0.350 e. The first-order chi connectivity index (χ1) is 7.65. The van der Waals surface area contributed by atoms with Crippen LogP contribution in [0.3, 0.4) is 0 Å². The highest BCUT2D eigenvalue weighted by molar-refractivity contribution is 9.10. The highest BCUT2D eigenvalue weighted by Crippen LogP contribution is 2.20. The molecule has 0 unspecified atom stereocenters. The Morgan fingerprint density at radius 2 is 2.25 bits per heavy atom. The molecule has 0 saturated heterocycles. The van der Waals surface area contributed by atoms with Gasteiger partial charge < -0.3 is 5.32 Å². The molecule has 1 aliphatic carbocycles. The molecular weight excluding hydrogens is 266 g/mol. The molecule has 2 rings (SSSR count). The first-order valence-electron chi connectivity index (χ1n) is 5.40. The van der Waals surface area contributed by atoms with Gasteiger partial charge in [-0.1, -0.05) is 28.1 Å². The van der Waals surface area contributed by atoms with Gasteiger partial charge in [0.05, 0.1) is 0 Å². The molecule has 0 radical (unpaired) electrons. The van der Waals surface area contributed by atoms with Crippen LogP contribution in [0.1, 0.15) is 24.0 Å². The van der Waals surface area contributed by atoms with Crippen molar-refractivity contribution in [1.82, 2.24) is 5.32 Å². The molecule has 1 aromatic carbocycles. The molecule has 84 valence electrons. The van der Waals surface area contributed by atoms with Gasteiger partial charge >= 0.3 is 0 Å². The van der Waals surface area contributed by atoms with Gasteiger partial charge in [0.15, 0.2) is 0 Å². The van der Waals surface area contributed by atoms with Crippen molar-refractivity contribution in [2.75, 3.05) is 0 Å². The molecule has 1 fully saturated rings. The van der Waals surface area contributed by atoms with Gasteiger partial charge in [-0.3, -0.25) is 4.79 Å². The summed E-state index contributed by atoms with van der Waals surface area (Å²) in [7, 11) is 0. The molecule has 1 saturated carbocycles. The Bertz CT molecular complexity index is 436. The Balaban J connectivity index is 2.01. The lowest BCUT2D eigenvalue weighted by molar-refractivity contribution is -0.116. The molecule has 16 heavy (non-hydrogen) atoms. The van der Waals surface area contributed by atoms with E-state index in [-0.39, 0.29) is 5.91 Å². The zero-order valence-electron chi connectivity index (χ0n) is 9.16. The molecule has 1 aromatic rings. The second kappa shape index (κ2) is 4.83. The minimum absolute atomic E-state index is 0.00465. The van der Waals surface area contributed by atoms with Gasteiger partial charge in [-0.25, -0.2) is 0 Å². The maximum Gasteiger partial charge on any atom is 0.244 e. The van der Waals surface area contributed by atoms with Gasteiger partial charge in [0.25, 0.3) is 0 Å². The van der Waals surface area contributed by atoms with Crippen LogP contribution in [0.25, 0.3) is 6.08 Å². The van der Waals surface area contributed by atoms with Crippen LogP contribution < -0.4 is 5.32 Å². The van der Waals surface area contributed by atoms with E-state index in [4.69, 9.17) is 0 Å². The molecule has 1 amide bonds. The predicted octanol–water partition coefficient (Wildman–Crippen LogP) is 3.05. The van der Waals surface area contributed by atoms with Gasteiger partial charge in [-0.15, -0.1) is 0 Å². The fraction of sp³-hybridized carbons (Fsp3) is 0.308. The number of aryl methyl sites for hydroxylation is 1. The standard InChI is InChI=1S/C13H14BrNO/c1-9-2-3-10(12(14)8-9)4-7-13(16)15-11-5-6-11/h2-4,7-8,11H,5-6H2,1H3,(H,15,16). The molecule has 0 aliphatic heterocycles. The quantitative estimate of drug-likeness (QED) is 0.847. The number of hydrogen-bond donors (Lipinski definition) is 1. The number of nitrogens with one attached hydrogen (secondary N) is 1. The Kier molecular flexibility index (Phi) is 3.44. The molecule has 0 atom stereocenters. The summed E-state index contributed by atoms with van der Waals surface area (Å²) in [6.45, 7) is 2.04. The van der Waals surface area contributed by atoms with E-state index in [0.717, 1.165) is 22.9 Å². The molecular formula is C13H14BrNO. The summed E-state index contributed by atoms with van der Waals surface area (Å²) in [5, 5.41) is 2.91. The lowest BCUT2D eigenvalue weighted by Gasteiger charge is -2.00. The third kappa shape index (κ3) is 3.20. The predicted molar refractivity (Wildman–Crippen MR) is 69.1 cm³/mol. The Hall–Kier alpha value is -1.09. The maximum atomic E-state index is 11.4. The number of halogens is 1. The molecule has 0 spiro atoms. The van der Waals surface area contributed by atoms with E-state index < -0.39 is 0 Å². The van der Waals surface area contributed by atoms with Crippen molar-refractivity contribution >= 4 is 27.9 Å². The van der Waals surface area contributed by atoms with Gasteiger partial charge in [0.1, 0.15) is 0 Å². The van der Waals surface area contributed by atoms with Crippen molar-refractivity contribution in [3.63, 3.8) is 0 Å². The van der Waals surface area contributed by atoms with Crippen LogP contribution >= 0.6 is 15.9 Å². The molecule has 0 heterocycles. The van der Waals surface area contributed by atoms with Crippen LogP contribution in [0.5, 0.6) is 0 Å². The number of rotatable bonds is 3. The van der Waals surface area contributed by atoms with Crippen molar-refractivity contribution in [2.45, 2.75) is 25.8 Å². The summed E-state index contributed by atoms with van der Waals surface area (Å²) in [6.07, 6.45) is 5.66.